The number of hydrogen-bond acceptors (Lipinski definition) is 3. The van der Waals surface area contributed by atoms with Crippen molar-refractivity contribution < 1.29 is 4.74 Å². The van der Waals surface area contributed by atoms with Crippen molar-refractivity contribution in [1.29, 1.82) is 0 Å². The highest BCUT2D eigenvalue weighted by Crippen LogP contribution is 2.28. The molecule has 1 unspecified atom stereocenters. The van der Waals surface area contributed by atoms with Gasteiger partial charge in [0.2, 0.25) is 0 Å². The summed E-state index contributed by atoms with van der Waals surface area (Å²) in [6.45, 7) is 7.37. The fourth-order valence-corrected chi connectivity index (χ4v) is 2.05. The van der Waals surface area contributed by atoms with Crippen LogP contribution >= 0.6 is 0 Å². The van der Waals surface area contributed by atoms with E-state index in [0.29, 0.717) is 6.04 Å². The maximum Gasteiger partial charge on any atom is 0.0829 e. The number of nitrogens with two attached hydrogens (primary N) is 1. The molecular weight excluding hydrogens is 164 g/mol. The van der Waals surface area contributed by atoms with Crippen LogP contribution in [0.3, 0.4) is 0 Å². The minimum atomic E-state index is 0.0407. The van der Waals surface area contributed by atoms with Gasteiger partial charge >= 0.3 is 0 Å². The van der Waals surface area contributed by atoms with Crippen molar-refractivity contribution in [2.24, 2.45) is 5.73 Å². The van der Waals surface area contributed by atoms with Gasteiger partial charge in [-0.2, -0.15) is 0 Å². The number of methoxy groups -OCH3 is 1. The molecule has 3 heteroatoms. The summed E-state index contributed by atoms with van der Waals surface area (Å²) >= 11 is 0. The van der Waals surface area contributed by atoms with Gasteiger partial charge in [0.15, 0.2) is 0 Å². The van der Waals surface area contributed by atoms with Crippen molar-refractivity contribution in [3.63, 3.8) is 0 Å². The normalized spacial score (nSPS) is 30.2. The van der Waals surface area contributed by atoms with E-state index in [9.17, 15) is 0 Å². The Kier molecular flexibility index (Phi) is 3.71. The first-order valence-electron chi connectivity index (χ1n) is 5.13. The second kappa shape index (κ2) is 4.40. The summed E-state index contributed by atoms with van der Waals surface area (Å²) < 4.78 is 5.60. The first-order valence-corrected chi connectivity index (χ1v) is 5.13. The van der Waals surface area contributed by atoms with Gasteiger partial charge in [0.25, 0.3) is 0 Å². The van der Waals surface area contributed by atoms with Crippen LogP contribution < -0.4 is 5.73 Å². The fraction of sp³-hybridized carbons (Fsp3) is 1.00. The van der Waals surface area contributed by atoms with E-state index in [0.717, 1.165) is 32.5 Å². The topological polar surface area (TPSA) is 38.5 Å². The van der Waals surface area contributed by atoms with Crippen LogP contribution in [0, 0.1) is 0 Å². The van der Waals surface area contributed by atoms with Gasteiger partial charge in [-0.05, 0) is 33.2 Å². The molecule has 0 amide bonds. The molecular formula is C10H22N2O. The summed E-state index contributed by atoms with van der Waals surface area (Å²) in [5.41, 5.74) is 5.63. The van der Waals surface area contributed by atoms with Gasteiger partial charge in [0.05, 0.1) is 5.60 Å². The van der Waals surface area contributed by atoms with Crippen molar-refractivity contribution in [2.45, 2.75) is 38.3 Å². The Morgan fingerprint density at radius 2 is 2.23 bits per heavy atom. The van der Waals surface area contributed by atoms with Gasteiger partial charge in [0.1, 0.15) is 0 Å². The summed E-state index contributed by atoms with van der Waals surface area (Å²) in [5.74, 6) is 0. The molecule has 0 radical (unpaired) electrons. The molecule has 0 aliphatic carbocycles. The lowest BCUT2D eigenvalue weighted by Crippen LogP contribution is -2.39. The predicted molar refractivity (Wildman–Crippen MR) is 54.7 cm³/mol. The van der Waals surface area contributed by atoms with Gasteiger partial charge in [-0.15, -0.1) is 0 Å². The first-order chi connectivity index (χ1) is 6.13. The molecule has 2 N–H and O–H groups in total. The molecule has 0 spiro atoms. The molecule has 1 saturated heterocycles. The average molecular weight is 186 g/mol. The van der Waals surface area contributed by atoms with E-state index in [1.165, 1.54) is 0 Å². The molecule has 0 aromatic rings. The molecule has 1 atom stereocenters. The highest BCUT2D eigenvalue weighted by Gasteiger charge is 2.38. The van der Waals surface area contributed by atoms with Crippen molar-refractivity contribution in [2.75, 3.05) is 26.7 Å². The van der Waals surface area contributed by atoms with Gasteiger partial charge in [-0.25, -0.2) is 0 Å². The Labute approximate surface area is 81.2 Å². The minimum absolute atomic E-state index is 0.0407. The molecule has 0 bridgehead atoms. The summed E-state index contributed by atoms with van der Waals surface area (Å²) in [6, 6.07) is 0.620. The molecule has 78 valence electrons. The second-order valence-electron chi connectivity index (χ2n) is 4.24. The van der Waals surface area contributed by atoms with E-state index in [1.807, 2.05) is 0 Å². The minimum Gasteiger partial charge on any atom is -0.377 e. The van der Waals surface area contributed by atoms with E-state index in [-0.39, 0.29) is 5.60 Å². The van der Waals surface area contributed by atoms with Gasteiger partial charge in [0, 0.05) is 26.2 Å². The van der Waals surface area contributed by atoms with Crippen LogP contribution in [0.5, 0.6) is 0 Å². The zero-order chi connectivity index (χ0) is 9.90. The van der Waals surface area contributed by atoms with E-state index < -0.39 is 0 Å². The Hall–Kier alpha value is -0.120. The zero-order valence-electron chi connectivity index (χ0n) is 9.05. The molecule has 1 heterocycles. The van der Waals surface area contributed by atoms with Crippen LogP contribution in [-0.2, 0) is 4.74 Å². The largest absolute Gasteiger partial charge is 0.377 e. The van der Waals surface area contributed by atoms with E-state index in [2.05, 4.69) is 18.7 Å². The molecule has 0 aromatic heterocycles. The molecule has 1 aliphatic rings. The number of ether oxygens (including phenoxy) is 1. The van der Waals surface area contributed by atoms with Crippen molar-refractivity contribution in [1.82, 2.24) is 4.90 Å². The summed E-state index contributed by atoms with van der Waals surface area (Å²) in [5, 5.41) is 0. The standard InChI is InChI=1S/C10H22N2O/c1-9(2)12-7-5-10(8-12,13-3)4-6-11/h9H,4-8,11H2,1-3H3. The van der Waals surface area contributed by atoms with Gasteiger partial charge < -0.3 is 10.5 Å². The lowest BCUT2D eigenvalue weighted by molar-refractivity contribution is -0.00849. The molecule has 3 nitrogen and oxygen atoms in total. The number of likely N-dealkylation sites (tertiary alicyclic amines) is 1. The summed E-state index contributed by atoms with van der Waals surface area (Å²) in [7, 11) is 1.81. The molecule has 0 saturated carbocycles. The second-order valence-corrected chi connectivity index (χ2v) is 4.24. The van der Waals surface area contributed by atoms with Gasteiger partial charge in [-0.3, -0.25) is 4.90 Å². The molecule has 1 aliphatic heterocycles. The van der Waals surface area contributed by atoms with Crippen LogP contribution in [-0.4, -0.2) is 43.3 Å². The number of rotatable bonds is 4. The summed E-state index contributed by atoms with van der Waals surface area (Å²) in [6.07, 6.45) is 2.10. The van der Waals surface area contributed by atoms with E-state index >= 15 is 0 Å². The lowest BCUT2D eigenvalue weighted by atomic mass is 9.99. The maximum absolute atomic E-state index is 5.60. The number of nitrogens with zero attached hydrogens (tertiary/aromatic N) is 1. The fourth-order valence-electron chi connectivity index (χ4n) is 2.05. The Morgan fingerprint density at radius 1 is 1.54 bits per heavy atom. The third-order valence-corrected chi connectivity index (χ3v) is 3.11. The third kappa shape index (κ3) is 2.42. The highest BCUT2D eigenvalue weighted by molar-refractivity contribution is 4.92. The Morgan fingerprint density at radius 3 is 2.62 bits per heavy atom. The average Bonchev–Trinajstić information content (AvgIpc) is 2.51. The number of hydrogen-bond donors (Lipinski definition) is 1. The lowest BCUT2D eigenvalue weighted by Gasteiger charge is -2.28. The van der Waals surface area contributed by atoms with Crippen LogP contribution in [0.2, 0.25) is 0 Å². The van der Waals surface area contributed by atoms with Gasteiger partial charge in [-0.1, -0.05) is 0 Å². The SMILES string of the molecule is COC1(CCN)CCN(C(C)C)C1. The van der Waals surface area contributed by atoms with Crippen molar-refractivity contribution in [3.05, 3.63) is 0 Å². The molecule has 0 aromatic carbocycles. The maximum atomic E-state index is 5.60. The highest BCUT2D eigenvalue weighted by atomic mass is 16.5. The van der Waals surface area contributed by atoms with Crippen molar-refractivity contribution >= 4 is 0 Å². The quantitative estimate of drug-likeness (QED) is 0.707. The van der Waals surface area contributed by atoms with Crippen LogP contribution in [0.15, 0.2) is 0 Å². The first kappa shape index (κ1) is 11.0. The molecule has 1 rings (SSSR count). The van der Waals surface area contributed by atoms with Crippen LogP contribution in [0.1, 0.15) is 26.7 Å². The smallest absolute Gasteiger partial charge is 0.0829 e. The third-order valence-electron chi connectivity index (χ3n) is 3.11. The van der Waals surface area contributed by atoms with Crippen LogP contribution in [0.4, 0.5) is 0 Å². The van der Waals surface area contributed by atoms with Crippen LogP contribution in [0.25, 0.3) is 0 Å². The van der Waals surface area contributed by atoms with E-state index in [4.69, 9.17) is 10.5 Å². The molecule has 1 fully saturated rings. The monoisotopic (exact) mass is 186 g/mol. The summed E-state index contributed by atoms with van der Waals surface area (Å²) in [4.78, 5) is 2.46. The van der Waals surface area contributed by atoms with Crippen molar-refractivity contribution in [3.8, 4) is 0 Å². The molecule has 13 heavy (non-hydrogen) atoms. The Bertz CT molecular complexity index is 161. The Balaban J connectivity index is 2.52. The zero-order valence-corrected chi connectivity index (χ0v) is 9.05. The van der Waals surface area contributed by atoms with E-state index in [1.54, 1.807) is 7.11 Å². The predicted octanol–water partition coefficient (Wildman–Crippen LogP) is 0.834.